The third-order valence-electron chi connectivity index (χ3n) is 14.3. The maximum atomic E-state index is 15.4. The molecule has 2 heterocycles. The van der Waals surface area contributed by atoms with Gasteiger partial charge in [-0.25, -0.2) is 27.7 Å². The van der Waals surface area contributed by atoms with Crippen LogP contribution >= 0.6 is 0 Å². The second-order valence-corrected chi connectivity index (χ2v) is 22.5. The Hall–Kier alpha value is -8.62. The fourth-order valence-electron chi connectivity index (χ4n) is 9.86. The van der Waals surface area contributed by atoms with Crippen molar-refractivity contribution in [1.29, 1.82) is 0 Å². The van der Waals surface area contributed by atoms with E-state index in [1.54, 1.807) is 73.5 Å². The molecule has 0 spiro atoms. The highest BCUT2D eigenvalue weighted by atomic mass is 19.1. The lowest BCUT2D eigenvalue weighted by Crippen LogP contribution is -2.46. The van der Waals surface area contributed by atoms with Crippen LogP contribution in [0.4, 0.5) is 28.4 Å². The molecular formula is C63H76F3N9O9. The van der Waals surface area contributed by atoms with Crippen molar-refractivity contribution >= 4 is 53.1 Å². The number of nitrogens with zero attached hydrogens (tertiary/aromatic N) is 4. The van der Waals surface area contributed by atoms with Crippen molar-refractivity contribution in [3.8, 4) is 11.3 Å². The van der Waals surface area contributed by atoms with E-state index in [-0.39, 0.29) is 99.1 Å². The number of carbonyl (C=O) groups excluding carboxylic acids is 8. The highest BCUT2D eigenvalue weighted by Crippen LogP contribution is 2.40. The molecular weight excluding hydrogens is 1080 g/mol. The Bertz CT molecular complexity index is 3110. The summed E-state index contributed by atoms with van der Waals surface area (Å²) < 4.78 is 52.3. The minimum atomic E-state index is -1.12. The molecule has 0 unspecified atom stereocenters. The number of rotatable bonds is 30. The number of Topliss-reactive ketones (excluding diaryl/α,β-unsaturated/α-hetero) is 1. The van der Waals surface area contributed by atoms with Crippen molar-refractivity contribution in [2.45, 2.75) is 124 Å². The van der Waals surface area contributed by atoms with E-state index < -0.39 is 71.7 Å². The van der Waals surface area contributed by atoms with Gasteiger partial charge in [0.05, 0.1) is 23.8 Å². The minimum absolute atomic E-state index is 0.0648. The zero-order valence-electron chi connectivity index (χ0n) is 48.4. The lowest BCUT2D eigenvalue weighted by molar-refractivity contribution is -0.137. The van der Waals surface area contributed by atoms with Gasteiger partial charge >= 0.3 is 12.1 Å². The van der Waals surface area contributed by atoms with Crippen LogP contribution in [0.15, 0.2) is 115 Å². The number of halogens is 3. The molecule has 0 aliphatic carbocycles. The van der Waals surface area contributed by atoms with Gasteiger partial charge in [-0.3, -0.25) is 33.7 Å². The number of alkyl halides is 1. The molecule has 6 N–H and O–H groups in total. The first-order valence-electron chi connectivity index (χ1n) is 28.2. The van der Waals surface area contributed by atoms with Gasteiger partial charge in [-0.1, -0.05) is 101 Å². The van der Waals surface area contributed by atoms with Crippen LogP contribution in [0.3, 0.4) is 0 Å². The fraction of sp³-hybridized carbons (Fsp3) is 0.413. The number of hydrogen-bond acceptors (Lipinski definition) is 10. The first kappa shape index (κ1) is 64.5. The Morgan fingerprint density at radius 3 is 2.14 bits per heavy atom. The summed E-state index contributed by atoms with van der Waals surface area (Å²) in [6, 6.07) is 22.3. The Morgan fingerprint density at radius 2 is 1.50 bits per heavy atom. The average molecular weight is 1160 g/mol. The summed E-state index contributed by atoms with van der Waals surface area (Å²) >= 11 is 0. The van der Waals surface area contributed by atoms with Crippen LogP contribution < -0.4 is 27.0 Å². The average Bonchev–Trinajstić information content (AvgIpc) is 2.36. The molecule has 6 rings (SSSR count). The summed E-state index contributed by atoms with van der Waals surface area (Å²) in [5, 5.41) is 10.7. The SMILES string of the molecule is Cc1ccc(C(=O)N(CC[C@@H](CF)NC(=O)OCc2ccc(NC(=O)[C@H](CCCNC(N)=O)CC(=O)[C@@H](NC(=O)CCCCCN3C(=O)C=CC3=O)C(C)C)cc2)[C@@H](c2nc(-c3cc(F)ccc3F)cn2Cc2ccccc2)C(C)(C)C)cc1. The van der Waals surface area contributed by atoms with Gasteiger partial charge in [0.1, 0.15) is 30.7 Å². The summed E-state index contributed by atoms with van der Waals surface area (Å²) in [4.78, 5) is 111. The molecule has 4 atom stereocenters. The van der Waals surface area contributed by atoms with Gasteiger partial charge < -0.3 is 41.2 Å². The zero-order valence-corrected chi connectivity index (χ0v) is 48.4. The number of nitrogens with one attached hydrogen (secondary N) is 4. The standard InChI is InChI=1S/C63H76F3N9O9/c1-40(2)56(72-53(77)17-11-8-12-32-74-54(78)28-29-55(74)79)52(76)34-45(16-13-31-68-61(67)82)59(80)69-47-25-20-43(21-26-47)39-84-62(83)70-48(36-64)30-33-75(60(81)44-22-18-41(3)19-23-44)57(63(4,5)6)58-71-51(49-35-46(65)24-27-50(49)66)38-73(58)37-42-14-9-7-10-15-42/h7,9-10,14-15,18-29,35,38,40,45,48,56-57H,8,11-13,16-17,30-34,36-37,39H2,1-6H3,(H,69,80)(H,70,83)(H,72,77)(H3,67,68,82)/t45-,48+,56+,57+/m1/s1. The lowest BCUT2D eigenvalue weighted by atomic mass is 9.84. The highest BCUT2D eigenvalue weighted by Gasteiger charge is 2.39. The molecule has 8 amide bonds. The van der Waals surface area contributed by atoms with Gasteiger partial charge in [0, 0.05) is 80.1 Å². The number of aromatic nitrogens is 2. The summed E-state index contributed by atoms with van der Waals surface area (Å²) in [5.74, 6) is -4.50. The van der Waals surface area contributed by atoms with E-state index in [1.165, 1.54) is 12.2 Å². The monoisotopic (exact) mass is 1160 g/mol. The third kappa shape index (κ3) is 19.0. The zero-order chi connectivity index (χ0) is 61.1. The number of primary amides is 1. The second kappa shape index (κ2) is 30.6. The lowest BCUT2D eigenvalue weighted by Gasteiger charge is -2.40. The first-order chi connectivity index (χ1) is 40.0. The molecule has 18 nitrogen and oxygen atoms in total. The van der Waals surface area contributed by atoms with Crippen LogP contribution in [0.2, 0.25) is 0 Å². The minimum Gasteiger partial charge on any atom is -0.445 e. The molecule has 21 heteroatoms. The summed E-state index contributed by atoms with van der Waals surface area (Å²) in [7, 11) is 0. The Labute approximate surface area is 488 Å². The molecule has 1 aromatic heterocycles. The Morgan fingerprint density at radius 1 is 0.810 bits per heavy atom. The normalized spacial score (nSPS) is 13.7. The Balaban J connectivity index is 1.09. The molecule has 4 aromatic carbocycles. The molecule has 1 aliphatic rings. The molecule has 0 bridgehead atoms. The quantitative estimate of drug-likeness (QED) is 0.0215. The number of unbranched alkanes of at least 4 members (excludes halogenated alkanes) is 2. The number of urea groups is 1. The molecule has 84 heavy (non-hydrogen) atoms. The molecule has 1 aliphatic heterocycles. The van der Waals surface area contributed by atoms with Crippen molar-refractivity contribution in [2.75, 3.05) is 31.6 Å². The number of aryl methyl sites for hydroxylation is 1. The van der Waals surface area contributed by atoms with Gasteiger partial charge in [-0.15, -0.1) is 0 Å². The van der Waals surface area contributed by atoms with Crippen LogP contribution in [0.5, 0.6) is 0 Å². The van der Waals surface area contributed by atoms with E-state index in [4.69, 9.17) is 15.5 Å². The number of ketones is 1. The van der Waals surface area contributed by atoms with E-state index in [1.807, 2.05) is 62.6 Å². The summed E-state index contributed by atoms with van der Waals surface area (Å²) in [6.45, 7) is 10.5. The third-order valence-corrected chi connectivity index (χ3v) is 14.3. The van der Waals surface area contributed by atoms with Gasteiger partial charge in [0.2, 0.25) is 11.8 Å². The van der Waals surface area contributed by atoms with Gasteiger partial charge in [0.15, 0.2) is 5.78 Å². The number of alkyl carbamates (subject to hydrolysis) is 1. The number of benzene rings is 4. The van der Waals surface area contributed by atoms with Crippen molar-refractivity contribution in [2.24, 2.45) is 23.0 Å². The van der Waals surface area contributed by atoms with Crippen molar-refractivity contribution in [3.05, 3.63) is 155 Å². The van der Waals surface area contributed by atoms with Crippen LogP contribution in [-0.4, -0.2) is 105 Å². The molecule has 0 saturated carbocycles. The number of anilines is 1. The highest BCUT2D eigenvalue weighted by molar-refractivity contribution is 6.12. The predicted octanol–water partition coefficient (Wildman–Crippen LogP) is 9.66. The molecule has 448 valence electrons. The van der Waals surface area contributed by atoms with Crippen LogP contribution in [0.25, 0.3) is 11.3 Å². The fourth-order valence-corrected chi connectivity index (χ4v) is 9.86. The number of amides is 8. The predicted molar refractivity (Wildman–Crippen MR) is 311 cm³/mol. The van der Waals surface area contributed by atoms with Crippen LogP contribution in [-0.2, 0) is 41.9 Å². The topological polar surface area (TPSA) is 244 Å². The number of imidazole rings is 1. The van der Waals surface area contributed by atoms with Gasteiger partial charge in [0.25, 0.3) is 17.7 Å². The first-order valence-corrected chi connectivity index (χ1v) is 28.2. The van der Waals surface area contributed by atoms with E-state index in [9.17, 15) is 47.1 Å². The maximum absolute atomic E-state index is 15.4. The van der Waals surface area contributed by atoms with Crippen molar-refractivity contribution < 1.29 is 56.3 Å². The molecule has 0 radical (unpaired) electrons. The van der Waals surface area contributed by atoms with Crippen molar-refractivity contribution in [3.63, 3.8) is 0 Å². The largest absolute Gasteiger partial charge is 0.445 e. The molecule has 5 aromatic rings. The second-order valence-electron chi connectivity index (χ2n) is 22.5. The summed E-state index contributed by atoms with van der Waals surface area (Å²) in [6.07, 6.45) is 5.00. The number of imide groups is 1. The smallest absolute Gasteiger partial charge is 0.407 e. The maximum Gasteiger partial charge on any atom is 0.407 e. The van der Waals surface area contributed by atoms with E-state index in [2.05, 4.69) is 21.3 Å². The number of carbonyl (C=O) groups is 8. The van der Waals surface area contributed by atoms with Gasteiger partial charge in [-0.2, -0.15) is 0 Å². The number of nitrogens with two attached hydrogens (primary N) is 1. The van der Waals surface area contributed by atoms with Gasteiger partial charge in [-0.05, 0) is 104 Å². The van der Waals surface area contributed by atoms with E-state index >= 15 is 4.39 Å². The summed E-state index contributed by atoms with van der Waals surface area (Å²) in [5.41, 5.74) is 7.58. The van der Waals surface area contributed by atoms with E-state index in [0.29, 0.717) is 48.3 Å². The number of hydrogen-bond donors (Lipinski definition) is 5. The van der Waals surface area contributed by atoms with E-state index in [0.717, 1.165) is 34.2 Å². The van der Waals surface area contributed by atoms with Crippen LogP contribution in [0, 0.1) is 35.8 Å². The molecule has 0 fully saturated rings. The van der Waals surface area contributed by atoms with Crippen LogP contribution in [0.1, 0.15) is 125 Å². The van der Waals surface area contributed by atoms with Crippen molar-refractivity contribution in [1.82, 2.24) is 35.3 Å². The molecule has 0 saturated heterocycles. The Kier molecular flexibility index (Phi) is 23.5. The number of ether oxygens (including phenoxy) is 1.